The van der Waals surface area contributed by atoms with Crippen molar-refractivity contribution < 1.29 is 43.2 Å². The maximum absolute atomic E-state index is 13.6. The van der Waals surface area contributed by atoms with Crippen LogP contribution in [0.15, 0.2) is 43.6 Å². The first-order valence-corrected chi connectivity index (χ1v) is 20.9. The number of likely N-dealkylation sites (N-methyl/N-ethyl adjacent to an activating group) is 1. The number of fused-ring (bicyclic) bond motifs is 1. The van der Waals surface area contributed by atoms with E-state index >= 15 is 0 Å². The average molecular weight is 833 g/mol. The first-order chi connectivity index (χ1) is 26.4. The number of rotatable bonds is 13. The zero-order valence-electron chi connectivity index (χ0n) is 29.9. The molecule has 5 aliphatic heterocycles. The van der Waals surface area contributed by atoms with E-state index in [-0.39, 0.29) is 58.0 Å². The molecule has 23 heteroatoms. The normalized spacial score (nSPS) is 23.6. The highest BCUT2D eigenvalue weighted by atomic mass is 32.2. The van der Waals surface area contributed by atoms with Gasteiger partial charge < -0.3 is 40.9 Å². The zero-order valence-corrected chi connectivity index (χ0v) is 33.2. The van der Waals surface area contributed by atoms with Crippen molar-refractivity contribution in [3.63, 3.8) is 0 Å². The molecule has 0 radical (unpaired) electrons. The van der Waals surface area contributed by atoms with Gasteiger partial charge in [0.1, 0.15) is 55.0 Å². The SMILES string of the molecule is CO/N=C(\C(=O)NCC1NC2=C(CS1)CN(c1nc(/C(=N/OC)C(=O)N[C@@H]3C(=O)N4C(C(=O)O)=C(C[N+]5(C)CCCC5)CS[C@H]34)cs1)C2=O)c1csc(N)n1. The number of aliphatic carboxylic acids is 1. The molecule has 0 spiro atoms. The highest BCUT2D eigenvalue weighted by Crippen LogP contribution is 2.41. The summed E-state index contributed by atoms with van der Waals surface area (Å²) in [5.41, 5.74) is 7.87. The lowest BCUT2D eigenvalue weighted by Gasteiger charge is -2.49. The van der Waals surface area contributed by atoms with Crippen molar-refractivity contribution in [2.24, 2.45) is 10.3 Å². The summed E-state index contributed by atoms with van der Waals surface area (Å²) in [5.74, 6) is -2.29. The van der Waals surface area contributed by atoms with Crippen molar-refractivity contribution in [2.45, 2.75) is 29.6 Å². The molecule has 2 aromatic heterocycles. The van der Waals surface area contributed by atoms with Gasteiger partial charge in [0.25, 0.3) is 23.6 Å². The van der Waals surface area contributed by atoms with Gasteiger partial charge in [-0.15, -0.1) is 46.2 Å². The van der Waals surface area contributed by atoms with E-state index in [0.29, 0.717) is 28.9 Å². The molecule has 1 unspecified atom stereocenters. The molecule has 3 atom stereocenters. The minimum Gasteiger partial charge on any atom is -0.477 e. The molecule has 0 bridgehead atoms. The monoisotopic (exact) mass is 832 g/mol. The Bertz CT molecular complexity index is 2060. The van der Waals surface area contributed by atoms with Crippen LogP contribution in [0.2, 0.25) is 0 Å². The van der Waals surface area contributed by atoms with Gasteiger partial charge >= 0.3 is 5.97 Å². The maximum atomic E-state index is 13.6. The summed E-state index contributed by atoms with van der Waals surface area (Å²) in [4.78, 5) is 87.1. The van der Waals surface area contributed by atoms with Crippen LogP contribution in [0, 0.1) is 0 Å². The molecule has 7 heterocycles. The molecule has 4 amide bonds. The molecule has 292 valence electrons. The smallest absolute Gasteiger partial charge is 0.352 e. The first kappa shape index (κ1) is 38.6. The van der Waals surface area contributed by atoms with E-state index in [9.17, 15) is 29.1 Å². The number of nitrogen functional groups attached to an aromatic ring is 1. The largest absolute Gasteiger partial charge is 0.477 e. The van der Waals surface area contributed by atoms with Gasteiger partial charge in [0.15, 0.2) is 21.7 Å². The highest BCUT2D eigenvalue weighted by molar-refractivity contribution is 8.00. The summed E-state index contributed by atoms with van der Waals surface area (Å²) >= 11 is 5.23. The summed E-state index contributed by atoms with van der Waals surface area (Å²) < 4.78 is 0.738. The number of anilines is 2. The Morgan fingerprint density at radius 1 is 1.04 bits per heavy atom. The molecule has 7 rings (SSSR count). The Labute approximate surface area is 331 Å². The number of oxime groups is 2. The number of thiazole rings is 2. The second-order valence-electron chi connectivity index (χ2n) is 13.4. The topological polar surface area (TPSA) is 243 Å². The highest BCUT2D eigenvalue weighted by Gasteiger charge is 2.55. The third kappa shape index (κ3) is 7.62. The van der Waals surface area contributed by atoms with Crippen molar-refractivity contribution in [3.8, 4) is 0 Å². The van der Waals surface area contributed by atoms with Crippen LogP contribution in [0.3, 0.4) is 0 Å². The van der Waals surface area contributed by atoms with E-state index in [1.54, 1.807) is 10.8 Å². The Kier molecular flexibility index (Phi) is 11.1. The fraction of sp³-hybridized carbons (Fsp3) is 0.469. The van der Waals surface area contributed by atoms with Gasteiger partial charge in [-0.2, -0.15) is 0 Å². The van der Waals surface area contributed by atoms with E-state index in [4.69, 9.17) is 15.4 Å². The standard InChI is InChI=1S/C32H37N11O8S4/c1-43(6-4-5-7-43)10-16-12-53-29-23(28(47)42(29)24(16)30(48)49)38-26(45)22(40-51-3)18-14-55-32(36-18)41-9-15-11-52-19(37-20(15)27(41)46)8-34-25(44)21(39-50-2)17-13-54-31(33)35-17/h13-14,19,23,29,37H,4-12H2,1-3H3,(H4-,33,34,35,38,44,45,48,49)/p+1/b39-21-,40-22-/t19?,23-,29-/m1/s1. The van der Waals surface area contributed by atoms with Crippen LogP contribution in [0.25, 0.3) is 0 Å². The summed E-state index contributed by atoms with van der Waals surface area (Å²) in [5, 5.41) is 29.4. The van der Waals surface area contributed by atoms with E-state index < -0.39 is 35.1 Å². The lowest BCUT2D eigenvalue weighted by molar-refractivity contribution is -0.893. The fourth-order valence-corrected chi connectivity index (χ4v) is 10.8. The Balaban J connectivity index is 0.972. The molecular formula is C32H38N11O8S4+. The number of nitrogens with two attached hydrogens (primary N) is 1. The molecule has 2 fully saturated rings. The molecule has 6 N–H and O–H groups in total. The number of amides is 4. The number of carboxylic acids is 1. The summed E-state index contributed by atoms with van der Waals surface area (Å²) in [6.45, 7) is 2.90. The third-order valence-corrected chi connectivity index (χ3v) is 13.7. The van der Waals surface area contributed by atoms with E-state index in [1.165, 1.54) is 58.9 Å². The molecular weight excluding hydrogens is 795 g/mol. The van der Waals surface area contributed by atoms with Crippen LogP contribution >= 0.6 is 46.2 Å². The molecule has 0 saturated carbocycles. The molecule has 5 aliphatic rings. The van der Waals surface area contributed by atoms with E-state index in [2.05, 4.69) is 43.3 Å². The van der Waals surface area contributed by atoms with Gasteiger partial charge in [0.2, 0.25) is 0 Å². The van der Waals surface area contributed by atoms with Crippen molar-refractivity contribution in [1.82, 2.24) is 30.8 Å². The molecule has 0 aliphatic carbocycles. The second-order valence-corrected chi connectivity index (χ2v) is 17.4. The summed E-state index contributed by atoms with van der Waals surface area (Å²) in [7, 11) is 4.70. The molecule has 55 heavy (non-hydrogen) atoms. The van der Waals surface area contributed by atoms with Crippen LogP contribution in [0.5, 0.6) is 0 Å². The van der Waals surface area contributed by atoms with Crippen molar-refractivity contribution in [3.05, 3.63) is 44.7 Å². The van der Waals surface area contributed by atoms with E-state index in [1.807, 2.05) is 0 Å². The Morgan fingerprint density at radius 2 is 1.73 bits per heavy atom. The second kappa shape index (κ2) is 15.8. The van der Waals surface area contributed by atoms with Crippen molar-refractivity contribution in [1.29, 1.82) is 0 Å². The van der Waals surface area contributed by atoms with Crippen LogP contribution < -0.4 is 26.6 Å². The Morgan fingerprint density at radius 3 is 2.40 bits per heavy atom. The van der Waals surface area contributed by atoms with E-state index in [0.717, 1.165) is 52.9 Å². The number of carbonyl (C=O) groups is 5. The van der Waals surface area contributed by atoms with Crippen molar-refractivity contribution in [2.75, 3.05) is 76.1 Å². The fourth-order valence-electron chi connectivity index (χ4n) is 7.06. The molecule has 0 aromatic carbocycles. The predicted molar refractivity (Wildman–Crippen MR) is 207 cm³/mol. The molecule has 2 aromatic rings. The Hall–Kier alpha value is -4.71. The van der Waals surface area contributed by atoms with Gasteiger partial charge in [-0.25, -0.2) is 14.8 Å². The number of carboxylic acid groups (broad SMARTS) is 1. The number of quaternary nitrogens is 1. The molecule has 2 saturated heterocycles. The van der Waals surface area contributed by atoms with Gasteiger partial charge in [-0.3, -0.25) is 29.0 Å². The quantitative estimate of drug-likeness (QED) is 0.0769. The van der Waals surface area contributed by atoms with Gasteiger partial charge in [0.05, 0.1) is 32.1 Å². The number of thioether (sulfide) groups is 2. The zero-order chi connectivity index (χ0) is 39.0. The minimum absolute atomic E-state index is 0.000664. The first-order valence-electron chi connectivity index (χ1n) is 17.1. The lowest BCUT2D eigenvalue weighted by Crippen LogP contribution is -2.71. The number of aromatic nitrogens is 2. The molecule has 19 nitrogen and oxygen atoms in total. The van der Waals surface area contributed by atoms with Gasteiger partial charge in [-0.05, 0) is 5.57 Å². The van der Waals surface area contributed by atoms with Crippen LogP contribution in [0.4, 0.5) is 10.3 Å². The number of likely N-dealkylation sites (tertiary alicyclic amines) is 1. The number of nitrogens with zero attached hydrogens (tertiary/aromatic N) is 7. The maximum Gasteiger partial charge on any atom is 0.352 e. The number of nitrogens with one attached hydrogen (secondary N) is 3. The van der Waals surface area contributed by atoms with Gasteiger partial charge in [-0.1, -0.05) is 10.3 Å². The van der Waals surface area contributed by atoms with Crippen LogP contribution in [0.1, 0.15) is 24.2 Å². The van der Waals surface area contributed by atoms with Gasteiger partial charge in [0, 0.05) is 47.2 Å². The summed E-state index contributed by atoms with van der Waals surface area (Å²) in [6, 6.07) is -0.979. The third-order valence-electron chi connectivity index (χ3n) is 9.65. The number of carbonyl (C=O) groups excluding carboxylic acids is 4. The number of hydrogen-bond acceptors (Lipinski definition) is 17. The van der Waals surface area contributed by atoms with Crippen molar-refractivity contribution >= 4 is 97.5 Å². The van der Waals surface area contributed by atoms with Crippen LogP contribution in [-0.4, -0.2) is 148 Å². The number of hydrogen-bond donors (Lipinski definition) is 5. The minimum atomic E-state index is -1.16. The number of β-lactam (4-membered cyclic amide) rings is 1. The van der Waals surface area contributed by atoms with Crippen LogP contribution in [-0.2, 0) is 33.6 Å². The summed E-state index contributed by atoms with van der Waals surface area (Å²) in [6.07, 6.45) is 2.16. The lowest BCUT2D eigenvalue weighted by atomic mass is 10.0. The average Bonchev–Trinajstić information content (AvgIpc) is 3.98. The predicted octanol–water partition coefficient (Wildman–Crippen LogP) is -0.0586.